The van der Waals surface area contributed by atoms with Gasteiger partial charge in [-0.25, -0.2) is 14.5 Å². The minimum Gasteiger partial charge on any atom is -0.332 e. The van der Waals surface area contributed by atoms with Crippen molar-refractivity contribution in [1.29, 1.82) is 0 Å². The number of carbonyl (C=O) groups excluding carboxylic acids is 1. The highest BCUT2D eigenvalue weighted by atomic mass is 16.2. The summed E-state index contributed by atoms with van der Waals surface area (Å²) in [4.78, 5) is 27.8. The van der Waals surface area contributed by atoms with Crippen molar-refractivity contribution in [2.45, 2.75) is 58.9 Å². The molecular weight excluding hydrogens is 354 g/mol. The van der Waals surface area contributed by atoms with Crippen LogP contribution < -0.4 is 4.90 Å². The third-order valence-electron chi connectivity index (χ3n) is 5.67. The van der Waals surface area contributed by atoms with Crippen molar-refractivity contribution < 1.29 is 4.79 Å². The zero-order valence-corrected chi connectivity index (χ0v) is 16.4. The molecule has 3 aromatic rings. The molecular formula is C20H25N7O. The van der Waals surface area contributed by atoms with Gasteiger partial charge < -0.3 is 4.57 Å². The molecule has 0 atom stereocenters. The van der Waals surface area contributed by atoms with E-state index in [0.717, 1.165) is 72.8 Å². The number of nitrogens with zero attached hydrogens (tertiary/aromatic N) is 7. The van der Waals surface area contributed by atoms with Gasteiger partial charge in [0.2, 0.25) is 5.91 Å². The summed E-state index contributed by atoms with van der Waals surface area (Å²) in [5.41, 5.74) is 2.68. The molecule has 0 spiro atoms. The van der Waals surface area contributed by atoms with E-state index in [-0.39, 0.29) is 5.91 Å². The highest BCUT2D eigenvalue weighted by Gasteiger charge is 2.27. The molecule has 0 radical (unpaired) electrons. The van der Waals surface area contributed by atoms with Crippen LogP contribution in [0.4, 0.5) is 5.82 Å². The average Bonchev–Trinajstić information content (AvgIpc) is 3.06. The van der Waals surface area contributed by atoms with Gasteiger partial charge in [0.05, 0.1) is 11.4 Å². The maximum Gasteiger partial charge on any atom is 0.228 e. The molecule has 1 amide bonds. The van der Waals surface area contributed by atoms with Crippen molar-refractivity contribution in [3.05, 3.63) is 35.4 Å². The van der Waals surface area contributed by atoms with Crippen LogP contribution in [-0.2, 0) is 24.2 Å². The fraction of sp³-hybridized carbons (Fsp3) is 0.550. The summed E-state index contributed by atoms with van der Waals surface area (Å²) in [6.45, 7) is 5.71. The molecule has 8 heteroatoms. The van der Waals surface area contributed by atoms with Crippen LogP contribution in [0.3, 0.4) is 0 Å². The van der Waals surface area contributed by atoms with Gasteiger partial charge in [0.15, 0.2) is 17.3 Å². The third kappa shape index (κ3) is 3.16. The normalized spacial score (nSPS) is 17.2. The molecule has 0 N–H and O–H groups in total. The van der Waals surface area contributed by atoms with Gasteiger partial charge in [-0.05, 0) is 39.0 Å². The minimum absolute atomic E-state index is 0.183. The standard InChI is InChI=1S/C20H25N7O/c1-13-10-21-14(2)20-22-16(24-27(13)20)7-8-17-23-18(26-9-3-4-19(26)28)12-25(17)11-15-5-6-15/h10,12,15H,3-9,11H2,1-2H3. The van der Waals surface area contributed by atoms with Gasteiger partial charge in [-0.2, -0.15) is 5.10 Å². The number of amides is 1. The molecule has 1 aliphatic heterocycles. The number of fused-ring (bicyclic) bond motifs is 1. The van der Waals surface area contributed by atoms with E-state index in [2.05, 4.69) is 25.8 Å². The number of aryl methyl sites for hydroxylation is 4. The highest BCUT2D eigenvalue weighted by Crippen LogP contribution is 2.32. The number of carbonyl (C=O) groups is 1. The zero-order chi connectivity index (χ0) is 19.3. The van der Waals surface area contributed by atoms with Gasteiger partial charge in [-0.3, -0.25) is 14.7 Å². The van der Waals surface area contributed by atoms with Crippen LogP contribution in [0.2, 0.25) is 0 Å². The summed E-state index contributed by atoms with van der Waals surface area (Å²) >= 11 is 0. The molecule has 146 valence electrons. The fourth-order valence-electron chi connectivity index (χ4n) is 3.86. The van der Waals surface area contributed by atoms with Crippen LogP contribution in [0, 0.1) is 19.8 Å². The Bertz CT molecular complexity index is 1010. The van der Waals surface area contributed by atoms with Crippen LogP contribution in [-0.4, -0.2) is 41.6 Å². The SMILES string of the molecule is Cc1ncc(C)n2nc(CCc3nc(N4CCCC4=O)cn3CC3CC3)nc12. The van der Waals surface area contributed by atoms with E-state index >= 15 is 0 Å². The monoisotopic (exact) mass is 379 g/mol. The van der Waals surface area contributed by atoms with Crippen LogP contribution in [0.15, 0.2) is 12.4 Å². The van der Waals surface area contributed by atoms with Crippen LogP contribution in [0.25, 0.3) is 5.65 Å². The number of hydrogen-bond acceptors (Lipinski definition) is 5. The Balaban J connectivity index is 1.39. The van der Waals surface area contributed by atoms with Gasteiger partial charge in [0, 0.05) is 44.7 Å². The largest absolute Gasteiger partial charge is 0.332 e. The zero-order valence-electron chi connectivity index (χ0n) is 16.4. The molecule has 1 aliphatic carbocycles. The first-order chi connectivity index (χ1) is 13.6. The second-order valence-corrected chi connectivity index (χ2v) is 8.01. The molecule has 0 bridgehead atoms. The molecule has 2 fully saturated rings. The fourth-order valence-corrected chi connectivity index (χ4v) is 3.86. The third-order valence-corrected chi connectivity index (χ3v) is 5.67. The Morgan fingerprint density at radius 2 is 2.04 bits per heavy atom. The first-order valence-corrected chi connectivity index (χ1v) is 10.1. The maximum absolute atomic E-state index is 12.1. The summed E-state index contributed by atoms with van der Waals surface area (Å²) in [6.07, 6.45) is 9.48. The van der Waals surface area contributed by atoms with Crippen molar-refractivity contribution in [2.75, 3.05) is 11.4 Å². The number of hydrogen-bond donors (Lipinski definition) is 0. The second-order valence-electron chi connectivity index (χ2n) is 8.01. The molecule has 5 rings (SSSR count). The van der Waals surface area contributed by atoms with Crippen LogP contribution in [0.1, 0.15) is 48.7 Å². The van der Waals surface area contributed by atoms with E-state index in [1.807, 2.05) is 29.5 Å². The Morgan fingerprint density at radius 1 is 1.18 bits per heavy atom. The van der Waals surface area contributed by atoms with Gasteiger partial charge in [0.1, 0.15) is 5.82 Å². The lowest BCUT2D eigenvalue weighted by atomic mass is 10.3. The lowest BCUT2D eigenvalue weighted by Gasteiger charge is -2.10. The Morgan fingerprint density at radius 3 is 2.75 bits per heavy atom. The maximum atomic E-state index is 12.1. The predicted octanol–water partition coefficient (Wildman–Crippen LogP) is 2.26. The number of rotatable bonds is 6. The molecule has 3 aromatic heterocycles. The van der Waals surface area contributed by atoms with E-state index in [1.54, 1.807) is 0 Å². The van der Waals surface area contributed by atoms with E-state index in [9.17, 15) is 4.79 Å². The topological polar surface area (TPSA) is 81.2 Å². The van der Waals surface area contributed by atoms with Crippen molar-refractivity contribution in [3.8, 4) is 0 Å². The first-order valence-electron chi connectivity index (χ1n) is 10.1. The second kappa shape index (κ2) is 6.68. The molecule has 0 aromatic carbocycles. The molecule has 28 heavy (non-hydrogen) atoms. The summed E-state index contributed by atoms with van der Waals surface area (Å²) < 4.78 is 4.11. The lowest BCUT2D eigenvalue weighted by molar-refractivity contribution is -0.117. The van der Waals surface area contributed by atoms with E-state index in [4.69, 9.17) is 4.98 Å². The Kier molecular flexibility index (Phi) is 4.14. The van der Waals surface area contributed by atoms with Crippen LogP contribution in [0.5, 0.6) is 0 Å². The molecule has 1 saturated carbocycles. The summed E-state index contributed by atoms with van der Waals surface area (Å²) in [7, 11) is 0. The van der Waals surface area contributed by atoms with Crippen molar-refractivity contribution in [2.24, 2.45) is 5.92 Å². The van der Waals surface area contributed by atoms with Gasteiger partial charge in [-0.1, -0.05) is 0 Å². The predicted molar refractivity (Wildman–Crippen MR) is 104 cm³/mol. The van der Waals surface area contributed by atoms with E-state index < -0.39 is 0 Å². The summed E-state index contributed by atoms with van der Waals surface area (Å²) in [5, 5.41) is 4.65. The van der Waals surface area contributed by atoms with E-state index in [0.29, 0.717) is 6.42 Å². The molecule has 4 heterocycles. The lowest BCUT2D eigenvalue weighted by Crippen LogP contribution is -2.24. The van der Waals surface area contributed by atoms with Crippen molar-refractivity contribution >= 4 is 17.4 Å². The number of imidazole rings is 1. The minimum atomic E-state index is 0.183. The summed E-state index contributed by atoms with van der Waals surface area (Å²) in [5.74, 6) is 3.56. The Labute approximate surface area is 163 Å². The first kappa shape index (κ1) is 17.3. The van der Waals surface area contributed by atoms with Gasteiger partial charge >= 0.3 is 0 Å². The van der Waals surface area contributed by atoms with Crippen molar-refractivity contribution in [3.63, 3.8) is 0 Å². The average molecular weight is 379 g/mol. The summed E-state index contributed by atoms with van der Waals surface area (Å²) in [6, 6.07) is 0. The number of anilines is 1. The number of aromatic nitrogens is 6. The molecule has 1 saturated heterocycles. The Hall–Kier alpha value is -2.77. The smallest absolute Gasteiger partial charge is 0.228 e. The molecule has 8 nitrogen and oxygen atoms in total. The van der Waals surface area contributed by atoms with Gasteiger partial charge in [-0.15, -0.1) is 0 Å². The van der Waals surface area contributed by atoms with Crippen molar-refractivity contribution in [1.82, 2.24) is 29.1 Å². The molecule has 2 aliphatic rings. The molecule has 0 unspecified atom stereocenters. The van der Waals surface area contributed by atoms with Crippen LogP contribution >= 0.6 is 0 Å². The quantitative estimate of drug-likeness (QED) is 0.656. The highest BCUT2D eigenvalue weighted by molar-refractivity contribution is 5.94. The van der Waals surface area contributed by atoms with Gasteiger partial charge in [0.25, 0.3) is 0 Å². The van der Waals surface area contributed by atoms with E-state index in [1.165, 1.54) is 12.8 Å².